The van der Waals surface area contributed by atoms with Crippen molar-refractivity contribution in [3.8, 4) is 0 Å². The second-order valence-corrected chi connectivity index (χ2v) is 4.94. The highest BCUT2D eigenvalue weighted by atomic mass is 32.1. The number of aromatic nitrogens is 1. The van der Waals surface area contributed by atoms with Crippen molar-refractivity contribution >= 4 is 32.9 Å². The topological polar surface area (TPSA) is 68.1 Å². The van der Waals surface area contributed by atoms with Crippen molar-refractivity contribution in [2.75, 3.05) is 11.9 Å². The van der Waals surface area contributed by atoms with Gasteiger partial charge in [0.15, 0.2) is 5.52 Å². The number of hydrogen-bond donors (Lipinski definition) is 1. The van der Waals surface area contributed by atoms with Crippen LogP contribution in [0.2, 0.25) is 0 Å². The highest BCUT2D eigenvalue weighted by Gasteiger charge is 2.20. The van der Waals surface area contributed by atoms with Gasteiger partial charge in [0.05, 0.1) is 15.1 Å². The Bertz CT molecular complexity index is 553. The maximum Gasteiger partial charge on any atom is 0.319 e. The van der Waals surface area contributed by atoms with E-state index in [1.54, 1.807) is 11.6 Å². The molecule has 0 unspecified atom stereocenters. The summed E-state index contributed by atoms with van der Waals surface area (Å²) in [5.74, 6) is 0. The molecule has 0 aliphatic rings. The van der Waals surface area contributed by atoms with Gasteiger partial charge < -0.3 is 5.32 Å². The third-order valence-electron chi connectivity index (χ3n) is 2.75. The molecule has 0 saturated carbocycles. The number of nitro groups is 1. The van der Waals surface area contributed by atoms with Gasteiger partial charge in [-0.1, -0.05) is 19.8 Å². The van der Waals surface area contributed by atoms with Crippen molar-refractivity contribution in [1.29, 1.82) is 0 Å². The first kappa shape index (κ1) is 12.8. The van der Waals surface area contributed by atoms with E-state index in [1.807, 2.05) is 6.07 Å². The molecule has 0 saturated heterocycles. The van der Waals surface area contributed by atoms with Crippen LogP contribution in [0, 0.1) is 10.1 Å². The van der Waals surface area contributed by atoms with Gasteiger partial charge in [0.2, 0.25) is 0 Å². The minimum atomic E-state index is -0.357. The molecule has 96 valence electrons. The Hall–Kier alpha value is -1.69. The van der Waals surface area contributed by atoms with Gasteiger partial charge in [0, 0.05) is 6.54 Å². The molecule has 5 nitrogen and oxygen atoms in total. The molecule has 2 aromatic rings. The molecule has 6 heteroatoms. The summed E-state index contributed by atoms with van der Waals surface area (Å²) < 4.78 is 0.848. The van der Waals surface area contributed by atoms with Crippen LogP contribution in [-0.2, 0) is 0 Å². The van der Waals surface area contributed by atoms with E-state index in [4.69, 9.17) is 0 Å². The van der Waals surface area contributed by atoms with Crippen LogP contribution in [0.15, 0.2) is 17.6 Å². The molecule has 1 aromatic carbocycles. The standard InChI is InChI=1S/C12H15N3O2S/c1-2-3-4-7-13-9-5-6-10-11(14-8-18-10)12(9)15(16)17/h5-6,8,13H,2-4,7H2,1H3. The van der Waals surface area contributed by atoms with E-state index < -0.39 is 0 Å². The lowest BCUT2D eigenvalue weighted by Gasteiger charge is -2.06. The number of nitrogens with zero attached hydrogens (tertiary/aromatic N) is 2. The first-order valence-electron chi connectivity index (χ1n) is 5.98. The molecule has 0 aliphatic carbocycles. The molecule has 0 atom stereocenters. The largest absolute Gasteiger partial charge is 0.379 e. The van der Waals surface area contributed by atoms with Crippen LogP contribution in [-0.4, -0.2) is 16.5 Å². The number of hydrogen-bond acceptors (Lipinski definition) is 5. The summed E-state index contributed by atoms with van der Waals surface area (Å²) >= 11 is 1.42. The zero-order valence-electron chi connectivity index (χ0n) is 10.2. The van der Waals surface area contributed by atoms with Gasteiger partial charge in [0.25, 0.3) is 0 Å². The molecule has 0 amide bonds. The lowest BCUT2D eigenvalue weighted by molar-refractivity contribution is -0.382. The number of nitro benzene ring substituents is 1. The van der Waals surface area contributed by atoms with Gasteiger partial charge in [-0.2, -0.15) is 0 Å². The molecule has 0 radical (unpaired) electrons. The second kappa shape index (κ2) is 5.77. The SMILES string of the molecule is CCCCCNc1ccc2scnc2c1[N+](=O)[O-]. The number of fused-ring (bicyclic) bond motifs is 1. The Morgan fingerprint density at radius 2 is 2.28 bits per heavy atom. The van der Waals surface area contributed by atoms with Crippen molar-refractivity contribution in [3.63, 3.8) is 0 Å². The maximum absolute atomic E-state index is 11.2. The van der Waals surface area contributed by atoms with Crippen molar-refractivity contribution in [2.45, 2.75) is 26.2 Å². The van der Waals surface area contributed by atoms with Crippen LogP contribution in [0.4, 0.5) is 11.4 Å². The lowest BCUT2D eigenvalue weighted by Crippen LogP contribution is -2.04. The summed E-state index contributed by atoms with van der Waals surface area (Å²) in [7, 11) is 0. The van der Waals surface area contributed by atoms with Crippen molar-refractivity contribution in [3.05, 3.63) is 27.8 Å². The summed E-state index contributed by atoms with van der Waals surface area (Å²) in [6.07, 6.45) is 3.28. The maximum atomic E-state index is 11.2. The average Bonchev–Trinajstić information content (AvgIpc) is 2.81. The van der Waals surface area contributed by atoms with Gasteiger partial charge in [-0.05, 0) is 18.6 Å². The first-order chi connectivity index (χ1) is 8.74. The minimum Gasteiger partial charge on any atom is -0.379 e. The highest BCUT2D eigenvalue weighted by molar-refractivity contribution is 7.16. The second-order valence-electron chi connectivity index (χ2n) is 4.05. The lowest BCUT2D eigenvalue weighted by atomic mass is 10.2. The summed E-state index contributed by atoms with van der Waals surface area (Å²) in [6.45, 7) is 2.88. The zero-order valence-corrected chi connectivity index (χ0v) is 11.0. The smallest absolute Gasteiger partial charge is 0.319 e. The summed E-state index contributed by atoms with van der Waals surface area (Å²) in [5.41, 5.74) is 2.77. The van der Waals surface area contributed by atoms with Gasteiger partial charge in [-0.25, -0.2) is 4.98 Å². The number of nitrogens with one attached hydrogen (secondary N) is 1. The summed E-state index contributed by atoms with van der Waals surface area (Å²) in [6, 6.07) is 3.65. The third kappa shape index (κ3) is 2.59. The fraction of sp³-hybridized carbons (Fsp3) is 0.417. The van der Waals surface area contributed by atoms with E-state index in [0.29, 0.717) is 11.2 Å². The third-order valence-corrected chi connectivity index (χ3v) is 3.55. The van der Waals surface area contributed by atoms with Crippen LogP contribution in [0.3, 0.4) is 0 Å². The van der Waals surface area contributed by atoms with Crippen molar-refractivity contribution in [1.82, 2.24) is 4.98 Å². The van der Waals surface area contributed by atoms with Crippen molar-refractivity contribution in [2.24, 2.45) is 0 Å². The molecule has 1 N–H and O–H groups in total. The highest BCUT2D eigenvalue weighted by Crippen LogP contribution is 2.34. The quantitative estimate of drug-likeness (QED) is 0.490. The predicted octanol–water partition coefficient (Wildman–Crippen LogP) is 3.81. The van der Waals surface area contributed by atoms with Gasteiger partial charge >= 0.3 is 5.69 Å². The molecular weight excluding hydrogens is 250 g/mol. The fourth-order valence-corrected chi connectivity index (χ4v) is 2.52. The number of anilines is 1. The number of thiazole rings is 1. The molecule has 0 aliphatic heterocycles. The van der Waals surface area contributed by atoms with Crippen molar-refractivity contribution < 1.29 is 4.92 Å². The zero-order chi connectivity index (χ0) is 13.0. The van der Waals surface area contributed by atoms with E-state index in [2.05, 4.69) is 17.2 Å². The van der Waals surface area contributed by atoms with E-state index in [1.165, 1.54) is 11.3 Å². The Morgan fingerprint density at radius 1 is 1.44 bits per heavy atom. The van der Waals surface area contributed by atoms with Gasteiger partial charge in [-0.3, -0.25) is 10.1 Å². The van der Waals surface area contributed by atoms with Crippen LogP contribution in [0.1, 0.15) is 26.2 Å². The first-order valence-corrected chi connectivity index (χ1v) is 6.86. The normalized spacial score (nSPS) is 10.7. The summed E-state index contributed by atoms with van der Waals surface area (Å²) in [5, 5.41) is 14.3. The van der Waals surface area contributed by atoms with E-state index in [0.717, 1.165) is 30.5 Å². The average molecular weight is 265 g/mol. The Morgan fingerprint density at radius 3 is 3.00 bits per heavy atom. The van der Waals surface area contributed by atoms with Gasteiger partial charge in [0.1, 0.15) is 5.69 Å². The molecule has 1 aromatic heterocycles. The Labute approximate surface area is 109 Å². The van der Waals surface area contributed by atoms with Crippen LogP contribution < -0.4 is 5.32 Å². The molecule has 0 fully saturated rings. The van der Waals surface area contributed by atoms with E-state index >= 15 is 0 Å². The van der Waals surface area contributed by atoms with Crippen LogP contribution >= 0.6 is 11.3 Å². The minimum absolute atomic E-state index is 0.0882. The molecule has 18 heavy (non-hydrogen) atoms. The number of benzene rings is 1. The molecule has 2 rings (SSSR count). The summed E-state index contributed by atoms with van der Waals surface area (Å²) in [4.78, 5) is 14.9. The molecular formula is C12H15N3O2S. The Kier molecular flexibility index (Phi) is 4.09. The number of rotatable bonds is 6. The van der Waals surface area contributed by atoms with Gasteiger partial charge in [-0.15, -0.1) is 11.3 Å². The molecule has 0 spiro atoms. The molecule has 0 bridgehead atoms. The Balaban J connectivity index is 2.25. The number of unbranched alkanes of at least 4 members (excludes halogenated alkanes) is 2. The monoisotopic (exact) mass is 265 g/mol. The van der Waals surface area contributed by atoms with E-state index in [9.17, 15) is 10.1 Å². The van der Waals surface area contributed by atoms with Crippen LogP contribution in [0.5, 0.6) is 0 Å². The molecule has 1 heterocycles. The predicted molar refractivity (Wildman–Crippen MR) is 74.3 cm³/mol. The van der Waals surface area contributed by atoms with E-state index in [-0.39, 0.29) is 10.6 Å². The fourth-order valence-electron chi connectivity index (χ4n) is 1.84. The van der Waals surface area contributed by atoms with Crippen LogP contribution in [0.25, 0.3) is 10.2 Å².